The van der Waals surface area contributed by atoms with Crippen molar-refractivity contribution in [2.45, 2.75) is 25.9 Å². The molecule has 1 fully saturated rings. The van der Waals surface area contributed by atoms with Gasteiger partial charge in [-0.1, -0.05) is 18.5 Å². The highest BCUT2D eigenvalue weighted by Gasteiger charge is 2.32. The van der Waals surface area contributed by atoms with Crippen LogP contribution in [-0.4, -0.2) is 40.0 Å². The Labute approximate surface area is 155 Å². The molecule has 8 nitrogen and oxygen atoms in total. The Morgan fingerprint density at radius 2 is 2.08 bits per heavy atom. The molecule has 1 atom stereocenters. The summed E-state index contributed by atoms with van der Waals surface area (Å²) in [7, 11) is 0. The summed E-state index contributed by atoms with van der Waals surface area (Å²) in [6.45, 7) is 5.87. The number of aromatic nitrogens is 2. The maximum atomic E-state index is 12.7. The number of halogens is 1. The van der Waals surface area contributed by atoms with Crippen molar-refractivity contribution in [3.05, 3.63) is 56.0 Å². The van der Waals surface area contributed by atoms with Gasteiger partial charge < -0.3 is 9.64 Å². The first-order valence-corrected chi connectivity index (χ1v) is 8.64. The highest BCUT2D eigenvalue weighted by Crippen LogP contribution is 2.28. The predicted molar refractivity (Wildman–Crippen MR) is 98.4 cm³/mol. The topological polar surface area (TPSA) is 90.5 Å². The maximum Gasteiger partial charge on any atom is 0.292 e. The molecule has 1 aromatic heterocycles. The van der Waals surface area contributed by atoms with E-state index in [0.29, 0.717) is 31.1 Å². The molecule has 0 amide bonds. The van der Waals surface area contributed by atoms with Crippen molar-refractivity contribution >= 4 is 23.0 Å². The average Bonchev–Trinajstić information content (AvgIpc) is 2.64. The van der Waals surface area contributed by atoms with Gasteiger partial charge in [-0.15, -0.1) is 0 Å². The van der Waals surface area contributed by atoms with Gasteiger partial charge in [-0.25, -0.2) is 0 Å². The summed E-state index contributed by atoms with van der Waals surface area (Å²) in [5.74, 6) is 0. The molecule has 0 radical (unpaired) electrons. The van der Waals surface area contributed by atoms with Crippen LogP contribution in [0.4, 0.5) is 11.4 Å². The smallest absolute Gasteiger partial charge is 0.292 e. The van der Waals surface area contributed by atoms with Crippen LogP contribution < -0.4 is 10.5 Å². The van der Waals surface area contributed by atoms with E-state index in [4.69, 9.17) is 16.3 Å². The molecule has 2 aromatic rings. The molecule has 0 N–H and O–H groups in total. The second kappa shape index (κ2) is 7.05. The third-order valence-electron chi connectivity index (χ3n) is 4.63. The molecule has 1 aliphatic heterocycles. The van der Waals surface area contributed by atoms with Crippen LogP contribution in [0.25, 0.3) is 5.69 Å². The quantitative estimate of drug-likeness (QED) is 0.600. The van der Waals surface area contributed by atoms with Gasteiger partial charge in [-0.05, 0) is 25.5 Å². The molecule has 138 valence electrons. The molecule has 2 heterocycles. The van der Waals surface area contributed by atoms with Crippen LogP contribution in [0.5, 0.6) is 0 Å². The lowest BCUT2D eigenvalue weighted by molar-refractivity contribution is -0.384. The number of morpholine rings is 1. The van der Waals surface area contributed by atoms with E-state index in [1.54, 1.807) is 6.20 Å². The molecule has 0 saturated carbocycles. The standard InChI is InChI=1S/C17H19ClN4O4/c1-3-17(2)11-20(8-9-26-17)14-10-19-21(16(23)15(14)18)12-4-6-13(7-5-12)22(24)25/h4-7,10H,3,8-9,11H2,1-2H3. The minimum Gasteiger partial charge on any atom is -0.372 e. The molecule has 1 unspecified atom stereocenters. The zero-order chi connectivity index (χ0) is 18.9. The van der Waals surface area contributed by atoms with Gasteiger partial charge >= 0.3 is 0 Å². The Kier molecular flexibility index (Phi) is 4.97. The number of hydrogen-bond donors (Lipinski definition) is 0. The molecule has 0 bridgehead atoms. The van der Waals surface area contributed by atoms with Crippen LogP contribution in [0.1, 0.15) is 20.3 Å². The van der Waals surface area contributed by atoms with Crippen molar-refractivity contribution in [1.29, 1.82) is 0 Å². The molecule has 1 aliphatic rings. The van der Waals surface area contributed by atoms with Crippen LogP contribution in [0, 0.1) is 10.1 Å². The van der Waals surface area contributed by atoms with Gasteiger partial charge in [0, 0.05) is 25.2 Å². The molecular weight excluding hydrogens is 360 g/mol. The first kappa shape index (κ1) is 18.3. The monoisotopic (exact) mass is 378 g/mol. The number of ether oxygens (including phenoxy) is 1. The third-order valence-corrected chi connectivity index (χ3v) is 4.99. The fourth-order valence-corrected chi connectivity index (χ4v) is 3.14. The van der Waals surface area contributed by atoms with E-state index in [2.05, 4.69) is 12.0 Å². The van der Waals surface area contributed by atoms with E-state index < -0.39 is 10.5 Å². The minimum atomic E-state index is -0.501. The van der Waals surface area contributed by atoms with E-state index in [0.717, 1.165) is 11.1 Å². The van der Waals surface area contributed by atoms with Gasteiger partial charge in [-0.2, -0.15) is 9.78 Å². The van der Waals surface area contributed by atoms with Gasteiger partial charge in [0.1, 0.15) is 5.02 Å². The normalized spacial score (nSPS) is 20.2. The number of anilines is 1. The zero-order valence-electron chi connectivity index (χ0n) is 14.5. The van der Waals surface area contributed by atoms with Gasteiger partial charge in [-0.3, -0.25) is 14.9 Å². The molecule has 9 heteroatoms. The molecule has 26 heavy (non-hydrogen) atoms. The summed E-state index contributed by atoms with van der Waals surface area (Å²) >= 11 is 6.34. The van der Waals surface area contributed by atoms with E-state index in [1.165, 1.54) is 24.3 Å². The second-order valence-corrected chi connectivity index (χ2v) is 6.79. The van der Waals surface area contributed by atoms with Crippen LogP contribution in [0.2, 0.25) is 5.02 Å². The van der Waals surface area contributed by atoms with Crippen molar-refractivity contribution in [3.63, 3.8) is 0 Å². The zero-order valence-corrected chi connectivity index (χ0v) is 15.3. The summed E-state index contributed by atoms with van der Waals surface area (Å²) < 4.78 is 6.95. The molecule has 1 saturated heterocycles. The molecule has 1 aromatic carbocycles. The Hall–Kier alpha value is -2.45. The van der Waals surface area contributed by atoms with E-state index in [1.807, 2.05) is 11.8 Å². The minimum absolute atomic E-state index is 0.0586. The summed E-state index contributed by atoms with van der Waals surface area (Å²) in [5.41, 5.74) is 0.154. The van der Waals surface area contributed by atoms with Crippen molar-refractivity contribution in [1.82, 2.24) is 9.78 Å². The lowest BCUT2D eigenvalue weighted by atomic mass is 10.0. The molecule has 0 aliphatic carbocycles. The maximum absolute atomic E-state index is 12.7. The third kappa shape index (κ3) is 3.42. The lowest BCUT2D eigenvalue weighted by Gasteiger charge is -2.41. The number of nitro groups is 1. The van der Waals surface area contributed by atoms with Gasteiger partial charge in [0.25, 0.3) is 11.2 Å². The average molecular weight is 379 g/mol. The van der Waals surface area contributed by atoms with Crippen molar-refractivity contribution < 1.29 is 9.66 Å². The van der Waals surface area contributed by atoms with Crippen molar-refractivity contribution in [2.24, 2.45) is 0 Å². The Bertz CT molecular complexity index is 883. The Morgan fingerprint density at radius 1 is 1.38 bits per heavy atom. The summed E-state index contributed by atoms with van der Waals surface area (Å²) in [5, 5.41) is 15.0. The van der Waals surface area contributed by atoms with Crippen LogP contribution in [0.3, 0.4) is 0 Å². The number of rotatable bonds is 4. The van der Waals surface area contributed by atoms with E-state index >= 15 is 0 Å². The Balaban J connectivity index is 1.94. The fraction of sp³-hybridized carbons (Fsp3) is 0.412. The molecular formula is C17H19ClN4O4. The van der Waals surface area contributed by atoms with Crippen LogP contribution in [0.15, 0.2) is 35.3 Å². The SMILES string of the molecule is CCC1(C)CN(c2cnn(-c3ccc([N+](=O)[O-])cc3)c(=O)c2Cl)CCO1. The summed E-state index contributed by atoms with van der Waals surface area (Å²) in [6.07, 6.45) is 2.39. The number of nitro benzene ring substituents is 1. The van der Waals surface area contributed by atoms with Crippen molar-refractivity contribution in [2.75, 3.05) is 24.6 Å². The largest absolute Gasteiger partial charge is 0.372 e. The highest BCUT2D eigenvalue weighted by atomic mass is 35.5. The van der Waals surface area contributed by atoms with Crippen LogP contribution >= 0.6 is 11.6 Å². The number of hydrogen-bond acceptors (Lipinski definition) is 6. The molecule has 0 spiro atoms. The summed E-state index contributed by atoms with van der Waals surface area (Å²) in [4.78, 5) is 24.9. The predicted octanol–water partition coefficient (Wildman–Crippen LogP) is 2.80. The van der Waals surface area contributed by atoms with E-state index in [-0.39, 0.29) is 16.3 Å². The lowest BCUT2D eigenvalue weighted by Crippen LogP contribution is -2.50. The fourth-order valence-electron chi connectivity index (χ4n) is 2.89. The van der Waals surface area contributed by atoms with Gasteiger partial charge in [0.15, 0.2) is 0 Å². The summed E-state index contributed by atoms with van der Waals surface area (Å²) in [6, 6.07) is 5.57. The Morgan fingerprint density at radius 3 is 2.69 bits per heavy atom. The van der Waals surface area contributed by atoms with Crippen molar-refractivity contribution in [3.8, 4) is 5.69 Å². The van der Waals surface area contributed by atoms with Crippen LogP contribution in [-0.2, 0) is 4.74 Å². The van der Waals surface area contributed by atoms with Gasteiger partial charge in [0.2, 0.25) is 0 Å². The molecule has 3 rings (SSSR count). The van der Waals surface area contributed by atoms with Gasteiger partial charge in [0.05, 0.1) is 34.7 Å². The number of nitrogens with zero attached hydrogens (tertiary/aromatic N) is 4. The number of benzene rings is 1. The first-order chi connectivity index (χ1) is 12.3. The first-order valence-electron chi connectivity index (χ1n) is 8.26. The second-order valence-electron chi connectivity index (χ2n) is 6.41. The number of non-ortho nitro benzene ring substituents is 1. The highest BCUT2D eigenvalue weighted by molar-refractivity contribution is 6.33. The van der Waals surface area contributed by atoms with E-state index in [9.17, 15) is 14.9 Å².